The molecule has 0 radical (unpaired) electrons. The van der Waals surface area contributed by atoms with E-state index in [2.05, 4.69) is 18.4 Å². The Morgan fingerprint density at radius 2 is 1.86 bits per heavy atom. The van der Waals surface area contributed by atoms with E-state index < -0.39 is 0 Å². The molecule has 0 amide bonds. The van der Waals surface area contributed by atoms with Gasteiger partial charge in [-0.15, -0.1) is 11.3 Å². The van der Waals surface area contributed by atoms with Gasteiger partial charge < -0.3 is 5.11 Å². The molecule has 0 fully saturated rings. The van der Waals surface area contributed by atoms with Gasteiger partial charge in [-0.3, -0.25) is 0 Å². The van der Waals surface area contributed by atoms with Crippen molar-refractivity contribution in [1.29, 1.82) is 0 Å². The molecule has 0 aliphatic rings. The van der Waals surface area contributed by atoms with Gasteiger partial charge in [-0.1, -0.05) is 6.07 Å². The van der Waals surface area contributed by atoms with Crippen LogP contribution in [0.5, 0.6) is 5.75 Å². The van der Waals surface area contributed by atoms with E-state index in [0.717, 1.165) is 5.56 Å². The molecule has 0 aliphatic heterocycles. The van der Waals surface area contributed by atoms with E-state index in [1.54, 1.807) is 17.4 Å². The molecule has 1 aromatic heterocycles. The van der Waals surface area contributed by atoms with E-state index in [1.165, 1.54) is 16.0 Å². The Morgan fingerprint density at radius 3 is 2.43 bits per heavy atom. The topological polar surface area (TPSA) is 20.2 Å². The molecule has 0 spiro atoms. The first kappa shape index (κ1) is 9.28. The minimum atomic E-state index is 0.362. The molecule has 0 saturated heterocycles. The van der Waals surface area contributed by atoms with Crippen LogP contribution in [0.3, 0.4) is 0 Å². The number of phenols is 1. The van der Waals surface area contributed by atoms with Crippen molar-refractivity contribution < 1.29 is 5.11 Å². The molecule has 0 aliphatic carbocycles. The zero-order valence-electron chi connectivity index (χ0n) is 8.24. The fourth-order valence-corrected chi connectivity index (χ4v) is 2.14. The summed E-state index contributed by atoms with van der Waals surface area (Å²) in [5.41, 5.74) is 3.33. The van der Waals surface area contributed by atoms with Gasteiger partial charge in [-0.05, 0) is 54.1 Å². The highest BCUT2D eigenvalue weighted by Gasteiger charge is 2.02. The zero-order chi connectivity index (χ0) is 10.1. The lowest BCUT2D eigenvalue weighted by atomic mass is 10.1. The number of rotatable bonds is 1. The molecule has 1 aromatic carbocycles. The van der Waals surface area contributed by atoms with Gasteiger partial charge in [-0.25, -0.2) is 0 Å². The molecule has 0 atom stereocenters. The largest absolute Gasteiger partial charge is 0.508 e. The molecule has 2 rings (SSSR count). The maximum atomic E-state index is 9.40. The Labute approximate surface area is 87.7 Å². The maximum Gasteiger partial charge on any atom is 0.118 e. The monoisotopic (exact) mass is 204 g/mol. The summed E-state index contributed by atoms with van der Waals surface area (Å²) >= 11 is 1.75. The third-order valence-electron chi connectivity index (χ3n) is 2.26. The van der Waals surface area contributed by atoms with E-state index >= 15 is 0 Å². The molecule has 0 bridgehead atoms. The van der Waals surface area contributed by atoms with Gasteiger partial charge >= 0.3 is 0 Å². The van der Waals surface area contributed by atoms with Gasteiger partial charge in [0.25, 0.3) is 0 Å². The fraction of sp³-hybridized carbons (Fsp3) is 0.167. The van der Waals surface area contributed by atoms with Gasteiger partial charge in [0.1, 0.15) is 5.75 Å². The number of phenolic OH excluding ortho intramolecular Hbond substituents is 1. The average molecular weight is 204 g/mol. The number of benzene rings is 1. The Balaban J connectivity index is 2.47. The van der Waals surface area contributed by atoms with Crippen LogP contribution in [0, 0.1) is 13.8 Å². The second-order valence-electron chi connectivity index (χ2n) is 3.45. The summed E-state index contributed by atoms with van der Waals surface area (Å²) in [5, 5.41) is 11.5. The predicted molar refractivity (Wildman–Crippen MR) is 60.9 cm³/mol. The van der Waals surface area contributed by atoms with Crippen molar-refractivity contribution in [2.45, 2.75) is 13.8 Å². The predicted octanol–water partition coefficient (Wildman–Crippen LogP) is 3.74. The minimum Gasteiger partial charge on any atom is -0.508 e. The van der Waals surface area contributed by atoms with Gasteiger partial charge in [0.05, 0.1) is 0 Å². The van der Waals surface area contributed by atoms with E-state index in [1.807, 2.05) is 19.1 Å². The summed E-state index contributed by atoms with van der Waals surface area (Å²) in [4.78, 5) is 1.31. The van der Waals surface area contributed by atoms with Gasteiger partial charge in [0.15, 0.2) is 0 Å². The molecule has 1 nitrogen and oxygen atoms in total. The number of aromatic hydroxyl groups is 1. The van der Waals surface area contributed by atoms with E-state index in [9.17, 15) is 5.11 Å². The molecule has 2 aromatic rings. The lowest BCUT2D eigenvalue weighted by Gasteiger charge is -2.01. The van der Waals surface area contributed by atoms with Crippen LogP contribution in [0.4, 0.5) is 0 Å². The Kier molecular flexibility index (Phi) is 2.30. The zero-order valence-corrected chi connectivity index (χ0v) is 9.06. The van der Waals surface area contributed by atoms with Crippen molar-refractivity contribution in [3.8, 4) is 16.9 Å². The molecular weight excluding hydrogens is 192 g/mol. The molecule has 72 valence electrons. The number of thiophene rings is 1. The summed E-state index contributed by atoms with van der Waals surface area (Å²) in [6.07, 6.45) is 0. The van der Waals surface area contributed by atoms with Gasteiger partial charge in [0, 0.05) is 4.88 Å². The lowest BCUT2D eigenvalue weighted by molar-refractivity contribution is 0.471. The van der Waals surface area contributed by atoms with Crippen LogP contribution < -0.4 is 0 Å². The SMILES string of the molecule is Cc1cc(-c2ccc(O)c(C)c2)cs1. The average Bonchev–Trinajstić information content (AvgIpc) is 2.57. The van der Waals surface area contributed by atoms with Crippen molar-refractivity contribution >= 4 is 11.3 Å². The van der Waals surface area contributed by atoms with E-state index in [0.29, 0.717) is 5.75 Å². The van der Waals surface area contributed by atoms with Crippen LogP contribution in [-0.4, -0.2) is 5.11 Å². The maximum absolute atomic E-state index is 9.40. The normalized spacial score (nSPS) is 10.4. The first-order valence-electron chi connectivity index (χ1n) is 4.52. The minimum absolute atomic E-state index is 0.362. The molecule has 1 N–H and O–H groups in total. The second kappa shape index (κ2) is 3.46. The van der Waals surface area contributed by atoms with Crippen LogP contribution >= 0.6 is 11.3 Å². The van der Waals surface area contributed by atoms with E-state index in [4.69, 9.17) is 0 Å². The third-order valence-corrected chi connectivity index (χ3v) is 3.12. The molecule has 2 heteroatoms. The summed E-state index contributed by atoms with van der Waals surface area (Å²) < 4.78 is 0. The van der Waals surface area contributed by atoms with Crippen molar-refractivity contribution in [1.82, 2.24) is 0 Å². The summed E-state index contributed by atoms with van der Waals surface area (Å²) in [5.74, 6) is 0.362. The lowest BCUT2D eigenvalue weighted by Crippen LogP contribution is -1.77. The molecule has 14 heavy (non-hydrogen) atoms. The quantitative estimate of drug-likeness (QED) is 0.750. The van der Waals surface area contributed by atoms with Gasteiger partial charge in [0.2, 0.25) is 0 Å². The summed E-state index contributed by atoms with van der Waals surface area (Å²) in [7, 11) is 0. The van der Waals surface area contributed by atoms with Crippen LogP contribution in [0.25, 0.3) is 11.1 Å². The van der Waals surface area contributed by atoms with Crippen LogP contribution in [0.2, 0.25) is 0 Å². The number of hydrogen-bond donors (Lipinski definition) is 1. The molecule has 1 heterocycles. The summed E-state index contributed by atoms with van der Waals surface area (Å²) in [6.45, 7) is 4.01. The van der Waals surface area contributed by atoms with Crippen LogP contribution in [-0.2, 0) is 0 Å². The Bertz CT molecular complexity index is 457. The highest BCUT2D eigenvalue weighted by atomic mass is 32.1. The highest BCUT2D eigenvalue weighted by molar-refractivity contribution is 7.10. The van der Waals surface area contributed by atoms with E-state index in [-0.39, 0.29) is 0 Å². The molecular formula is C12H12OS. The smallest absolute Gasteiger partial charge is 0.118 e. The van der Waals surface area contributed by atoms with Gasteiger partial charge in [-0.2, -0.15) is 0 Å². The third kappa shape index (κ3) is 1.66. The standard InChI is InChI=1S/C12H12OS/c1-8-5-10(3-4-12(8)13)11-6-9(2)14-7-11/h3-7,13H,1-2H3. The van der Waals surface area contributed by atoms with Crippen molar-refractivity contribution in [3.05, 3.63) is 40.1 Å². The Morgan fingerprint density at radius 1 is 1.07 bits per heavy atom. The van der Waals surface area contributed by atoms with Crippen molar-refractivity contribution in [2.24, 2.45) is 0 Å². The number of aryl methyl sites for hydroxylation is 2. The van der Waals surface area contributed by atoms with Crippen LogP contribution in [0.15, 0.2) is 29.6 Å². The highest BCUT2D eigenvalue weighted by Crippen LogP contribution is 2.28. The summed E-state index contributed by atoms with van der Waals surface area (Å²) in [6, 6.07) is 7.87. The van der Waals surface area contributed by atoms with Crippen molar-refractivity contribution in [3.63, 3.8) is 0 Å². The first-order valence-corrected chi connectivity index (χ1v) is 5.40. The fourth-order valence-electron chi connectivity index (χ4n) is 1.43. The molecule has 0 saturated carbocycles. The van der Waals surface area contributed by atoms with Crippen molar-refractivity contribution in [2.75, 3.05) is 0 Å². The molecule has 0 unspecified atom stereocenters. The Hall–Kier alpha value is -1.28. The number of hydrogen-bond acceptors (Lipinski definition) is 2. The second-order valence-corrected chi connectivity index (χ2v) is 4.56. The van der Waals surface area contributed by atoms with Crippen LogP contribution in [0.1, 0.15) is 10.4 Å². The first-order chi connectivity index (χ1) is 6.66.